The van der Waals surface area contributed by atoms with Crippen LogP contribution < -0.4 is 14.8 Å². The quantitative estimate of drug-likeness (QED) is 0.845. The maximum atomic E-state index is 5.69. The molecule has 3 heteroatoms. The predicted molar refractivity (Wildman–Crippen MR) is 64.4 cm³/mol. The summed E-state index contributed by atoms with van der Waals surface area (Å²) in [5.41, 5.74) is 1.23. The summed E-state index contributed by atoms with van der Waals surface area (Å²) in [6.45, 7) is 2.95. The molecule has 0 radical (unpaired) electrons. The molecule has 2 rings (SSSR count). The van der Waals surface area contributed by atoms with Gasteiger partial charge in [-0.3, -0.25) is 0 Å². The van der Waals surface area contributed by atoms with Gasteiger partial charge in [0.05, 0.1) is 13.7 Å². The first kappa shape index (κ1) is 11.3. The molecule has 1 aromatic carbocycles. The van der Waals surface area contributed by atoms with Crippen molar-refractivity contribution >= 4 is 0 Å². The minimum Gasteiger partial charge on any atom is -0.496 e. The van der Waals surface area contributed by atoms with E-state index < -0.39 is 0 Å². The first-order valence-corrected chi connectivity index (χ1v) is 5.73. The molecule has 1 N–H and O–H groups in total. The summed E-state index contributed by atoms with van der Waals surface area (Å²) in [6, 6.07) is 6.48. The molecule has 0 spiro atoms. The summed E-state index contributed by atoms with van der Waals surface area (Å²) in [5, 5.41) is 3.26. The Labute approximate surface area is 96.8 Å². The molecule has 1 aliphatic rings. The van der Waals surface area contributed by atoms with Crippen molar-refractivity contribution in [3.05, 3.63) is 23.8 Å². The predicted octanol–water partition coefficient (Wildman–Crippen LogP) is 2.17. The summed E-state index contributed by atoms with van der Waals surface area (Å²) in [7, 11) is 3.70. The molecule has 3 nitrogen and oxygen atoms in total. The standard InChI is InChI=1S/C13H19NO2/c1-9(14-2)7-10-8-16-12-6-4-5-11(15-3)13(10)12/h4-6,9-10,14H,7-8H2,1-3H3. The van der Waals surface area contributed by atoms with Crippen molar-refractivity contribution < 1.29 is 9.47 Å². The molecule has 2 unspecified atom stereocenters. The Bertz CT molecular complexity index is 365. The van der Waals surface area contributed by atoms with Crippen LogP contribution in [0.15, 0.2) is 18.2 Å². The first-order chi connectivity index (χ1) is 7.76. The van der Waals surface area contributed by atoms with Gasteiger partial charge in [0, 0.05) is 17.5 Å². The summed E-state index contributed by atoms with van der Waals surface area (Å²) in [4.78, 5) is 0. The lowest BCUT2D eigenvalue weighted by Gasteiger charge is -2.16. The molecule has 0 fully saturated rings. The van der Waals surface area contributed by atoms with Gasteiger partial charge in [0.15, 0.2) is 0 Å². The minimum atomic E-state index is 0.439. The highest BCUT2D eigenvalue weighted by Gasteiger charge is 2.28. The van der Waals surface area contributed by atoms with E-state index in [0.29, 0.717) is 12.0 Å². The van der Waals surface area contributed by atoms with Gasteiger partial charge in [-0.2, -0.15) is 0 Å². The average Bonchev–Trinajstić information content (AvgIpc) is 2.72. The van der Waals surface area contributed by atoms with E-state index in [9.17, 15) is 0 Å². The normalized spacial score (nSPS) is 20.1. The van der Waals surface area contributed by atoms with E-state index in [0.717, 1.165) is 24.5 Å². The van der Waals surface area contributed by atoms with E-state index in [-0.39, 0.29) is 0 Å². The first-order valence-electron chi connectivity index (χ1n) is 5.73. The number of methoxy groups -OCH3 is 1. The summed E-state index contributed by atoms with van der Waals surface area (Å²) >= 11 is 0. The largest absolute Gasteiger partial charge is 0.496 e. The maximum absolute atomic E-state index is 5.69. The van der Waals surface area contributed by atoms with E-state index in [1.165, 1.54) is 5.56 Å². The molecule has 1 heterocycles. The van der Waals surface area contributed by atoms with E-state index in [1.54, 1.807) is 7.11 Å². The van der Waals surface area contributed by atoms with Crippen LogP contribution in [0.3, 0.4) is 0 Å². The number of rotatable bonds is 4. The monoisotopic (exact) mass is 221 g/mol. The Balaban J connectivity index is 2.23. The van der Waals surface area contributed by atoms with Crippen LogP contribution in [-0.4, -0.2) is 26.8 Å². The molecule has 0 amide bonds. The van der Waals surface area contributed by atoms with Gasteiger partial charge in [-0.1, -0.05) is 6.07 Å². The number of hydrogen-bond acceptors (Lipinski definition) is 3. The summed E-state index contributed by atoms with van der Waals surface area (Å²) in [6.07, 6.45) is 1.07. The number of fused-ring (bicyclic) bond motifs is 1. The van der Waals surface area contributed by atoms with Crippen LogP contribution in [0.25, 0.3) is 0 Å². The van der Waals surface area contributed by atoms with Gasteiger partial charge >= 0.3 is 0 Å². The third kappa shape index (κ3) is 2.00. The zero-order chi connectivity index (χ0) is 11.5. The molecule has 0 saturated heterocycles. The van der Waals surface area contributed by atoms with Crippen molar-refractivity contribution in [1.29, 1.82) is 0 Å². The SMILES string of the molecule is CNC(C)CC1COc2cccc(OC)c21. The fourth-order valence-electron chi connectivity index (χ4n) is 2.23. The third-order valence-corrected chi connectivity index (χ3v) is 3.23. The van der Waals surface area contributed by atoms with Gasteiger partial charge in [-0.15, -0.1) is 0 Å². The van der Waals surface area contributed by atoms with Crippen molar-refractivity contribution in [2.75, 3.05) is 20.8 Å². The molecule has 1 aliphatic heterocycles. The highest BCUT2D eigenvalue weighted by molar-refractivity contribution is 5.49. The van der Waals surface area contributed by atoms with Crippen molar-refractivity contribution in [1.82, 2.24) is 5.32 Å². The second kappa shape index (κ2) is 4.74. The molecular formula is C13H19NO2. The molecule has 1 aromatic rings. The molecule has 0 aliphatic carbocycles. The Kier molecular flexibility index (Phi) is 3.34. The maximum Gasteiger partial charge on any atom is 0.126 e. The number of nitrogens with one attached hydrogen (secondary N) is 1. The van der Waals surface area contributed by atoms with Gasteiger partial charge in [0.1, 0.15) is 11.5 Å². The summed E-state index contributed by atoms with van der Waals surface area (Å²) in [5.74, 6) is 2.37. The Morgan fingerprint density at radius 2 is 2.38 bits per heavy atom. The van der Waals surface area contributed by atoms with Crippen LogP contribution in [0, 0.1) is 0 Å². The topological polar surface area (TPSA) is 30.5 Å². The van der Waals surface area contributed by atoms with Gasteiger partial charge in [-0.25, -0.2) is 0 Å². The van der Waals surface area contributed by atoms with Gasteiger partial charge in [-0.05, 0) is 32.5 Å². The van der Waals surface area contributed by atoms with Crippen LogP contribution in [0.1, 0.15) is 24.8 Å². The minimum absolute atomic E-state index is 0.439. The van der Waals surface area contributed by atoms with Crippen LogP contribution in [-0.2, 0) is 0 Å². The molecule has 16 heavy (non-hydrogen) atoms. The van der Waals surface area contributed by atoms with Gasteiger partial charge < -0.3 is 14.8 Å². The van der Waals surface area contributed by atoms with Crippen molar-refractivity contribution in [3.63, 3.8) is 0 Å². The van der Waals surface area contributed by atoms with Crippen LogP contribution in [0.5, 0.6) is 11.5 Å². The van der Waals surface area contributed by atoms with Crippen LogP contribution in [0.2, 0.25) is 0 Å². The molecular weight excluding hydrogens is 202 g/mol. The molecule has 2 atom stereocenters. The lowest BCUT2D eigenvalue weighted by molar-refractivity contribution is 0.315. The third-order valence-electron chi connectivity index (χ3n) is 3.23. The fourth-order valence-corrected chi connectivity index (χ4v) is 2.23. The number of hydrogen-bond donors (Lipinski definition) is 1. The van der Waals surface area contributed by atoms with E-state index in [2.05, 4.69) is 12.2 Å². The zero-order valence-electron chi connectivity index (χ0n) is 10.1. The van der Waals surface area contributed by atoms with Gasteiger partial charge in [0.25, 0.3) is 0 Å². The Morgan fingerprint density at radius 1 is 1.56 bits per heavy atom. The molecule has 88 valence electrons. The second-order valence-corrected chi connectivity index (χ2v) is 4.31. The second-order valence-electron chi connectivity index (χ2n) is 4.31. The smallest absolute Gasteiger partial charge is 0.126 e. The van der Waals surface area contributed by atoms with Crippen molar-refractivity contribution in [2.45, 2.75) is 25.3 Å². The number of ether oxygens (including phenoxy) is 2. The number of benzene rings is 1. The van der Waals surface area contributed by atoms with Gasteiger partial charge in [0.2, 0.25) is 0 Å². The Morgan fingerprint density at radius 3 is 3.06 bits per heavy atom. The van der Waals surface area contributed by atoms with Crippen molar-refractivity contribution in [2.24, 2.45) is 0 Å². The molecule has 0 bridgehead atoms. The Hall–Kier alpha value is -1.22. The zero-order valence-corrected chi connectivity index (χ0v) is 10.1. The summed E-state index contributed by atoms with van der Waals surface area (Å²) < 4.78 is 11.1. The fraction of sp³-hybridized carbons (Fsp3) is 0.538. The lowest BCUT2D eigenvalue weighted by atomic mass is 9.94. The molecule has 0 saturated carbocycles. The molecule has 0 aromatic heterocycles. The van der Waals surface area contributed by atoms with E-state index in [1.807, 2.05) is 25.2 Å². The average molecular weight is 221 g/mol. The highest BCUT2D eigenvalue weighted by atomic mass is 16.5. The van der Waals surface area contributed by atoms with Crippen LogP contribution >= 0.6 is 0 Å². The van der Waals surface area contributed by atoms with E-state index >= 15 is 0 Å². The van der Waals surface area contributed by atoms with Crippen molar-refractivity contribution in [3.8, 4) is 11.5 Å². The highest BCUT2D eigenvalue weighted by Crippen LogP contribution is 2.42. The van der Waals surface area contributed by atoms with Crippen LogP contribution in [0.4, 0.5) is 0 Å². The van der Waals surface area contributed by atoms with E-state index in [4.69, 9.17) is 9.47 Å². The lowest BCUT2D eigenvalue weighted by Crippen LogP contribution is -2.24.